The molecule has 1 unspecified atom stereocenters. The van der Waals surface area contributed by atoms with Gasteiger partial charge in [0.2, 0.25) is 10.0 Å². The number of nitrogens with two attached hydrogens (primary N) is 1. The molecule has 0 bridgehead atoms. The largest absolute Gasteiger partial charge is 0.392 e. The molecule has 0 amide bonds. The van der Waals surface area contributed by atoms with Crippen LogP contribution in [0.25, 0.3) is 0 Å². The van der Waals surface area contributed by atoms with Crippen LogP contribution in [0.4, 0.5) is 0 Å². The summed E-state index contributed by atoms with van der Waals surface area (Å²) in [6.45, 7) is 5.49. The molecule has 1 aromatic rings. The highest BCUT2D eigenvalue weighted by atomic mass is 32.2. The summed E-state index contributed by atoms with van der Waals surface area (Å²) in [5.74, 6) is 0. The smallest absolute Gasteiger partial charge is 0.243 e. The molecule has 0 aliphatic carbocycles. The minimum atomic E-state index is -3.56. The van der Waals surface area contributed by atoms with Crippen molar-refractivity contribution in [3.05, 3.63) is 29.3 Å². The van der Waals surface area contributed by atoms with Gasteiger partial charge < -0.3 is 5.73 Å². The third-order valence-corrected chi connectivity index (χ3v) is 5.38. The van der Waals surface area contributed by atoms with Crippen LogP contribution in [-0.2, 0) is 10.0 Å². The molecular weight excluding hydrogens is 268 g/mol. The lowest BCUT2D eigenvalue weighted by molar-refractivity contribution is 0.451. The number of aryl methyl sites for hydroxylation is 2. The van der Waals surface area contributed by atoms with Gasteiger partial charge in [0.15, 0.2) is 0 Å². The predicted octanol–water partition coefficient (Wildman–Crippen LogP) is 1.60. The molecule has 100 valence electrons. The van der Waals surface area contributed by atoms with E-state index in [9.17, 15) is 8.42 Å². The second-order valence-electron chi connectivity index (χ2n) is 4.35. The average molecular weight is 286 g/mol. The molecule has 2 N–H and O–H groups in total. The molecule has 0 aliphatic heterocycles. The second kappa shape index (κ2) is 5.34. The Kier molecular flexibility index (Phi) is 4.47. The van der Waals surface area contributed by atoms with Gasteiger partial charge in [-0.25, -0.2) is 8.42 Å². The van der Waals surface area contributed by atoms with E-state index in [1.165, 1.54) is 11.4 Å². The highest BCUT2D eigenvalue weighted by Gasteiger charge is 2.26. The maximum Gasteiger partial charge on any atom is 0.243 e. The van der Waals surface area contributed by atoms with Crippen molar-refractivity contribution in [1.29, 1.82) is 0 Å². The number of hydrogen-bond acceptors (Lipinski definition) is 3. The van der Waals surface area contributed by atoms with E-state index in [2.05, 4.69) is 0 Å². The monoisotopic (exact) mass is 286 g/mol. The van der Waals surface area contributed by atoms with E-state index in [4.69, 9.17) is 18.0 Å². The zero-order valence-electron chi connectivity index (χ0n) is 11.0. The van der Waals surface area contributed by atoms with Crippen LogP contribution in [0, 0.1) is 13.8 Å². The summed E-state index contributed by atoms with van der Waals surface area (Å²) in [7, 11) is -2.08. The molecule has 0 saturated heterocycles. The van der Waals surface area contributed by atoms with E-state index < -0.39 is 16.1 Å². The maximum atomic E-state index is 12.4. The SMILES string of the molecule is Cc1ccc(S(=O)(=O)N(C)C(C)C(N)=S)cc1C. The van der Waals surface area contributed by atoms with Gasteiger partial charge in [-0.2, -0.15) is 4.31 Å². The van der Waals surface area contributed by atoms with Gasteiger partial charge in [0.1, 0.15) is 0 Å². The van der Waals surface area contributed by atoms with Crippen LogP contribution in [0.1, 0.15) is 18.1 Å². The molecule has 4 nitrogen and oxygen atoms in total. The molecule has 0 radical (unpaired) electrons. The third-order valence-electron chi connectivity index (χ3n) is 3.11. The van der Waals surface area contributed by atoms with Gasteiger partial charge in [-0.15, -0.1) is 0 Å². The minimum Gasteiger partial charge on any atom is -0.392 e. The predicted molar refractivity (Wildman–Crippen MR) is 77.1 cm³/mol. The first-order valence-corrected chi connectivity index (χ1v) is 7.37. The number of sulfonamides is 1. The molecule has 1 atom stereocenters. The summed E-state index contributed by atoms with van der Waals surface area (Å²) in [5.41, 5.74) is 7.48. The standard InChI is InChI=1S/C12H18N2O2S2/c1-8-5-6-11(7-9(8)2)18(15,16)14(4)10(3)12(13)17/h5-7,10H,1-4H3,(H2,13,17). The van der Waals surface area contributed by atoms with Crippen LogP contribution in [0.15, 0.2) is 23.1 Å². The summed E-state index contributed by atoms with van der Waals surface area (Å²) in [6.07, 6.45) is 0. The van der Waals surface area contributed by atoms with Crippen LogP contribution in [0.5, 0.6) is 0 Å². The van der Waals surface area contributed by atoms with Crippen molar-refractivity contribution in [2.75, 3.05) is 7.05 Å². The van der Waals surface area contributed by atoms with E-state index in [1.54, 1.807) is 25.1 Å². The normalized spacial score (nSPS) is 13.6. The number of nitrogens with zero attached hydrogens (tertiary/aromatic N) is 1. The first-order chi connectivity index (χ1) is 8.17. The van der Waals surface area contributed by atoms with E-state index in [0.29, 0.717) is 0 Å². The zero-order chi connectivity index (χ0) is 14.1. The highest BCUT2D eigenvalue weighted by molar-refractivity contribution is 7.89. The number of rotatable bonds is 4. The lowest BCUT2D eigenvalue weighted by atomic mass is 10.1. The fourth-order valence-electron chi connectivity index (χ4n) is 1.43. The van der Waals surface area contributed by atoms with Crippen molar-refractivity contribution in [2.24, 2.45) is 5.73 Å². The first-order valence-electron chi connectivity index (χ1n) is 5.52. The van der Waals surface area contributed by atoms with Gasteiger partial charge in [0, 0.05) is 7.05 Å². The van der Waals surface area contributed by atoms with Crippen LogP contribution in [-0.4, -0.2) is 30.8 Å². The van der Waals surface area contributed by atoms with Crippen molar-refractivity contribution in [3.63, 3.8) is 0 Å². The van der Waals surface area contributed by atoms with E-state index in [-0.39, 0.29) is 9.88 Å². The number of benzene rings is 1. The Hall–Kier alpha value is -0.980. The van der Waals surface area contributed by atoms with Crippen molar-refractivity contribution in [3.8, 4) is 0 Å². The van der Waals surface area contributed by atoms with Crippen LogP contribution >= 0.6 is 12.2 Å². The fourth-order valence-corrected chi connectivity index (χ4v) is 3.08. The van der Waals surface area contributed by atoms with Crippen molar-refractivity contribution in [2.45, 2.75) is 31.7 Å². The Morgan fingerprint density at radius 2 is 1.89 bits per heavy atom. The van der Waals surface area contributed by atoms with Gasteiger partial charge in [-0.1, -0.05) is 18.3 Å². The molecule has 18 heavy (non-hydrogen) atoms. The van der Waals surface area contributed by atoms with Gasteiger partial charge in [-0.3, -0.25) is 0 Å². The number of thiocarbonyl (C=S) groups is 1. The van der Waals surface area contributed by atoms with E-state index in [1.807, 2.05) is 13.8 Å². The van der Waals surface area contributed by atoms with Crippen molar-refractivity contribution >= 4 is 27.2 Å². The Labute approximate surface area is 114 Å². The molecule has 0 fully saturated rings. The van der Waals surface area contributed by atoms with Crippen molar-refractivity contribution in [1.82, 2.24) is 4.31 Å². The van der Waals surface area contributed by atoms with Gasteiger partial charge >= 0.3 is 0 Å². The molecule has 0 aromatic heterocycles. The zero-order valence-corrected chi connectivity index (χ0v) is 12.6. The minimum absolute atomic E-state index is 0.157. The molecule has 0 heterocycles. The molecular formula is C12H18N2O2S2. The topological polar surface area (TPSA) is 63.4 Å². The molecule has 1 rings (SSSR count). The molecule has 0 saturated carbocycles. The van der Waals surface area contributed by atoms with Gasteiger partial charge in [0.05, 0.1) is 15.9 Å². The van der Waals surface area contributed by atoms with Crippen LogP contribution < -0.4 is 5.73 Å². The van der Waals surface area contributed by atoms with Crippen LogP contribution in [0.3, 0.4) is 0 Å². The molecule has 0 spiro atoms. The fraction of sp³-hybridized carbons (Fsp3) is 0.417. The summed E-state index contributed by atoms with van der Waals surface area (Å²) in [4.78, 5) is 0.418. The highest BCUT2D eigenvalue weighted by Crippen LogP contribution is 2.19. The number of likely N-dealkylation sites (N-methyl/N-ethyl adjacent to an activating group) is 1. The summed E-state index contributed by atoms with van der Waals surface area (Å²) in [6, 6.07) is 4.54. The maximum absolute atomic E-state index is 12.4. The molecule has 0 aliphatic rings. The Bertz CT molecular complexity index is 567. The summed E-state index contributed by atoms with van der Waals surface area (Å²) >= 11 is 4.83. The summed E-state index contributed by atoms with van der Waals surface area (Å²) < 4.78 is 25.9. The second-order valence-corrected chi connectivity index (χ2v) is 6.81. The lowest BCUT2D eigenvalue weighted by Crippen LogP contribution is -2.42. The quantitative estimate of drug-likeness (QED) is 0.854. The van der Waals surface area contributed by atoms with E-state index >= 15 is 0 Å². The van der Waals surface area contributed by atoms with Crippen molar-refractivity contribution < 1.29 is 8.42 Å². The lowest BCUT2D eigenvalue weighted by Gasteiger charge is -2.23. The van der Waals surface area contributed by atoms with E-state index in [0.717, 1.165) is 11.1 Å². The average Bonchev–Trinajstić information content (AvgIpc) is 2.30. The Morgan fingerprint density at radius 1 is 1.33 bits per heavy atom. The molecule has 1 aromatic carbocycles. The Morgan fingerprint density at radius 3 is 2.33 bits per heavy atom. The Balaban J connectivity index is 3.21. The van der Waals surface area contributed by atoms with Crippen LogP contribution in [0.2, 0.25) is 0 Å². The number of hydrogen-bond donors (Lipinski definition) is 1. The third kappa shape index (κ3) is 2.88. The van der Waals surface area contributed by atoms with Gasteiger partial charge in [-0.05, 0) is 44.0 Å². The van der Waals surface area contributed by atoms with Gasteiger partial charge in [0.25, 0.3) is 0 Å². The summed E-state index contributed by atoms with van der Waals surface area (Å²) in [5, 5.41) is 0. The first kappa shape index (κ1) is 15.1. The molecule has 6 heteroatoms.